The molecule has 0 radical (unpaired) electrons. The number of rotatable bonds is 4. The quantitative estimate of drug-likeness (QED) is 0.711. The van der Waals surface area contributed by atoms with Crippen LogP contribution in [0.2, 0.25) is 0 Å². The van der Waals surface area contributed by atoms with Gasteiger partial charge in [-0.15, -0.1) is 0 Å². The Morgan fingerprint density at radius 2 is 1.69 bits per heavy atom. The molecule has 80 valence electrons. The van der Waals surface area contributed by atoms with E-state index in [4.69, 9.17) is 5.11 Å². The minimum atomic E-state index is -5.61. The van der Waals surface area contributed by atoms with E-state index in [9.17, 15) is 22.0 Å². The fourth-order valence-electron chi connectivity index (χ4n) is 0.439. The highest BCUT2D eigenvalue weighted by atomic mass is 19.4. The van der Waals surface area contributed by atoms with Gasteiger partial charge in [0.15, 0.2) is 0 Å². The van der Waals surface area contributed by atoms with E-state index in [1.807, 2.05) is 0 Å². The number of hydrogen-bond acceptors (Lipinski definition) is 2. The first kappa shape index (κ1) is 12.6. The highest BCUT2D eigenvalue weighted by molar-refractivity contribution is 4.74. The normalized spacial score (nSPS) is 15.9. The van der Waals surface area contributed by atoms with Crippen LogP contribution >= 0.6 is 0 Å². The van der Waals surface area contributed by atoms with Crippen LogP contribution in [0, 0.1) is 0 Å². The van der Waals surface area contributed by atoms with Crippen molar-refractivity contribution >= 4 is 0 Å². The van der Waals surface area contributed by atoms with Crippen molar-refractivity contribution in [1.82, 2.24) is 0 Å². The van der Waals surface area contributed by atoms with E-state index in [0.717, 1.165) is 0 Å². The van der Waals surface area contributed by atoms with E-state index in [1.165, 1.54) is 6.92 Å². The molecule has 0 aliphatic carbocycles. The lowest BCUT2D eigenvalue weighted by atomic mass is 10.3. The summed E-state index contributed by atoms with van der Waals surface area (Å²) >= 11 is 0. The summed E-state index contributed by atoms with van der Waals surface area (Å²) in [6.45, 7) is -1.10. The van der Waals surface area contributed by atoms with E-state index in [0.29, 0.717) is 0 Å². The lowest BCUT2D eigenvalue weighted by Crippen LogP contribution is -2.41. The van der Waals surface area contributed by atoms with Crippen molar-refractivity contribution in [3.8, 4) is 0 Å². The van der Waals surface area contributed by atoms with Crippen LogP contribution in [0.4, 0.5) is 22.0 Å². The van der Waals surface area contributed by atoms with E-state index >= 15 is 0 Å². The number of hydrogen-bond donors (Lipinski definition) is 1. The summed E-state index contributed by atoms with van der Waals surface area (Å²) in [4.78, 5) is 0. The van der Waals surface area contributed by atoms with Gasteiger partial charge in [-0.3, -0.25) is 0 Å². The molecular weight excluding hydrogens is 199 g/mol. The molecule has 1 N–H and O–H groups in total. The number of aliphatic hydroxyl groups excluding tert-OH is 1. The SMILES string of the molecule is CC(O)COCC(F)(F)C(F)(F)F. The molecule has 0 aliphatic rings. The van der Waals surface area contributed by atoms with Gasteiger partial charge >= 0.3 is 12.1 Å². The maximum absolute atomic E-state index is 12.0. The van der Waals surface area contributed by atoms with Crippen molar-refractivity contribution in [1.29, 1.82) is 0 Å². The second-order valence-corrected chi connectivity index (χ2v) is 2.57. The van der Waals surface area contributed by atoms with Gasteiger partial charge in [0.1, 0.15) is 6.61 Å². The first-order valence-corrected chi connectivity index (χ1v) is 3.37. The Balaban J connectivity index is 3.90. The maximum atomic E-state index is 12.0. The van der Waals surface area contributed by atoms with E-state index in [2.05, 4.69) is 4.74 Å². The zero-order valence-electron chi connectivity index (χ0n) is 6.74. The molecule has 0 amide bonds. The topological polar surface area (TPSA) is 29.5 Å². The molecule has 0 bridgehead atoms. The first-order chi connectivity index (χ1) is 5.67. The molecule has 0 aromatic heterocycles. The van der Waals surface area contributed by atoms with Crippen molar-refractivity contribution in [2.75, 3.05) is 13.2 Å². The van der Waals surface area contributed by atoms with Crippen LogP contribution in [0.25, 0.3) is 0 Å². The van der Waals surface area contributed by atoms with Gasteiger partial charge in [0.05, 0.1) is 12.7 Å². The van der Waals surface area contributed by atoms with Crippen LogP contribution in [0.1, 0.15) is 6.92 Å². The third-order valence-electron chi connectivity index (χ3n) is 1.06. The Hall–Kier alpha value is -0.430. The van der Waals surface area contributed by atoms with E-state index < -0.39 is 31.4 Å². The van der Waals surface area contributed by atoms with Crippen LogP contribution in [-0.2, 0) is 4.74 Å². The third-order valence-corrected chi connectivity index (χ3v) is 1.06. The summed E-state index contributed by atoms with van der Waals surface area (Å²) in [5.74, 6) is -4.86. The molecule has 0 saturated carbocycles. The van der Waals surface area contributed by atoms with Gasteiger partial charge in [0.25, 0.3) is 0 Å². The van der Waals surface area contributed by atoms with Crippen LogP contribution in [0.15, 0.2) is 0 Å². The zero-order chi connectivity index (χ0) is 10.7. The molecular formula is C6H9F5O2. The Morgan fingerprint density at radius 3 is 2.00 bits per heavy atom. The molecule has 0 fully saturated rings. The lowest BCUT2D eigenvalue weighted by molar-refractivity contribution is -0.297. The summed E-state index contributed by atoms with van der Waals surface area (Å²) in [6.07, 6.45) is -6.67. The molecule has 0 aromatic carbocycles. The van der Waals surface area contributed by atoms with Gasteiger partial charge in [0.2, 0.25) is 0 Å². The molecule has 0 aromatic rings. The minimum absolute atomic E-state index is 0.550. The molecule has 0 rings (SSSR count). The van der Waals surface area contributed by atoms with Crippen molar-refractivity contribution < 1.29 is 31.8 Å². The van der Waals surface area contributed by atoms with Gasteiger partial charge in [-0.1, -0.05) is 0 Å². The average molecular weight is 208 g/mol. The molecule has 0 aliphatic heterocycles. The summed E-state index contributed by atoms with van der Waals surface area (Å²) in [6, 6.07) is 0. The Bertz CT molecular complexity index is 154. The smallest absolute Gasteiger partial charge is 0.391 e. The Kier molecular flexibility index (Phi) is 4.05. The van der Waals surface area contributed by atoms with E-state index in [1.54, 1.807) is 0 Å². The van der Waals surface area contributed by atoms with Gasteiger partial charge in [0, 0.05) is 0 Å². The molecule has 1 unspecified atom stereocenters. The van der Waals surface area contributed by atoms with E-state index in [-0.39, 0.29) is 0 Å². The molecule has 2 nitrogen and oxygen atoms in total. The monoisotopic (exact) mass is 208 g/mol. The second-order valence-electron chi connectivity index (χ2n) is 2.57. The molecule has 1 atom stereocenters. The molecule has 0 spiro atoms. The maximum Gasteiger partial charge on any atom is 0.455 e. The van der Waals surface area contributed by atoms with Crippen molar-refractivity contribution in [3.63, 3.8) is 0 Å². The highest BCUT2D eigenvalue weighted by Gasteiger charge is 2.57. The van der Waals surface area contributed by atoms with Crippen LogP contribution in [0.5, 0.6) is 0 Å². The van der Waals surface area contributed by atoms with Crippen molar-refractivity contribution in [2.45, 2.75) is 25.1 Å². The number of aliphatic hydroxyl groups is 1. The predicted molar refractivity (Wildman–Crippen MR) is 33.5 cm³/mol. The standard InChI is InChI=1S/C6H9F5O2/c1-4(12)2-13-3-5(7,8)6(9,10)11/h4,12H,2-3H2,1H3. The lowest BCUT2D eigenvalue weighted by Gasteiger charge is -2.19. The van der Waals surface area contributed by atoms with Crippen LogP contribution in [0.3, 0.4) is 0 Å². The summed E-state index contributed by atoms with van der Waals surface area (Å²) in [7, 11) is 0. The van der Waals surface area contributed by atoms with Crippen LogP contribution in [-0.4, -0.2) is 36.5 Å². The third kappa shape index (κ3) is 4.37. The first-order valence-electron chi connectivity index (χ1n) is 3.37. The minimum Gasteiger partial charge on any atom is -0.391 e. The van der Waals surface area contributed by atoms with Gasteiger partial charge in [-0.05, 0) is 6.92 Å². The van der Waals surface area contributed by atoms with Crippen molar-refractivity contribution in [2.24, 2.45) is 0 Å². The number of ether oxygens (including phenoxy) is 1. The van der Waals surface area contributed by atoms with Crippen molar-refractivity contribution in [3.05, 3.63) is 0 Å². The molecule has 0 heterocycles. The fourth-order valence-corrected chi connectivity index (χ4v) is 0.439. The largest absolute Gasteiger partial charge is 0.455 e. The summed E-state index contributed by atoms with van der Waals surface area (Å²) in [5.41, 5.74) is 0. The molecule has 13 heavy (non-hydrogen) atoms. The summed E-state index contributed by atoms with van der Waals surface area (Å²) in [5, 5.41) is 8.50. The number of alkyl halides is 5. The van der Waals surface area contributed by atoms with Gasteiger partial charge < -0.3 is 9.84 Å². The molecule has 7 heteroatoms. The highest BCUT2D eigenvalue weighted by Crippen LogP contribution is 2.35. The average Bonchev–Trinajstić information content (AvgIpc) is 1.82. The Morgan fingerprint density at radius 1 is 1.23 bits per heavy atom. The van der Waals surface area contributed by atoms with Gasteiger partial charge in [-0.2, -0.15) is 22.0 Å². The summed E-state index contributed by atoms with van der Waals surface area (Å²) < 4.78 is 62.5. The Labute approximate surface area is 71.3 Å². The second kappa shape index (κ2) is 4.19. The van der Waals surface area contributed by atoms with Gasteiger partial charge in [-0.25, -0.2) is 0 Å². The zero-order valence-corrected chi connectivity index (χ0v) is 6.74. The fraction of sp³-hybridized carbons (Fsp3) is 1.00. The molecule has 0 saturated heterocycles. The van der Waals surface area contributed by atoms with Crippen LogP contribution < -0.4 is 0 Å². The predicted octanol–water partition coefficient (Wildman–Crippen LogP) is 1.58. The number of halogens is 5.